The van der Waals surface area contributed by atoms with Crippen LogP contribution in [-0.2, 0) is 24.1 Å². The van der Waals surface area contributed by atoms with Crippen LogP contribution in [-0.4, -0.2) is 77.3 Å². The first-order chi connectivity index (χ1) is 22.5. The van der Waals surface area contributed by atoms with Crippen LogP contribution in [0.5, 0.6) is 5.75 Å². The van der Waals surface area contributed by atoms with Crippen molar-refractivity contribution in [3.63, 3.8) is 0 Å². The lowest BCUT2D eigenvalue weighted by Crippen LogP contribution is -2.36. The zero-order chi connectivity index (χ0) is 36.7. The normalized spacial score (nSPS) is 18.4. The van der Waals surface area contributed by atoms with Gasteiger partial charge in [-0.15, -0.1) is 0 Å². The van der Waals surface area contributed by atoms with E-state index in [0.717, 1.165) is 0 Å². The summed E-state index contributed by atoms with van der Waals surface area (Å²) in [7, 11) is 26.4. The summed E-state index contributed by atoms with van der Waals surface area (Å²) in [5.74, 6) is 0.0152. The number of benzene rings is 1. The van der Waals surface area contributed by atoms with E-state index in [2.05, 4.69) is 20.4 Å². The molecule has 252 valence electrons. The molecular weight excluding hydrogens is 661 g/mol. The minimum absolute atomic E-state index is 0.0665. The predicted molar refractivity (Wildman–Crippen MR) is 198 cm³/mol. The molecule has 1 aliphatic heterocycles. The first-order valence-corrected chi connectivity index (χ1v) is 16.9. The molecule has 17 heteroatoms. The van der Waals surface area contributed by atoms with E-state index in [1.54, 1.807) is 13.0 Å². The van der Waals surface area contributed by atoms with Gasteiger partial charge in [0.1, 0.15) is 18.7 Å². The Morgan fingerprint density at radius 3 is 2.35 bits per heavy atom. The molecule has 4 rings (SSSR count). The number of nitrogens with zero attached hydrogens (tertiary/aromatic N) is 4. The molecule has 3 heterocycles. The first kappa shape index (κ1) is 39.0. The Morgan fingerprint density at radius 1 is 1.14 bits per heavy atom. The SMILES string of the molecule is [B]C1([B])/C(C=NC)=C(/N)c2ccc(F)cc2[C@@H](C)Oc2cc(cnc2NCOP(OC(C)(C)C)OC(C)(C)C)-c2c1c(Cl)nn2C([B])([B])C. The summed E-state index contributed by atoms with van der Waals surface area (Å²) in [5, 5.41) is 3.99. The topological polar surface area (TPSA) is 118 Å². The molecule has 49 heavy (non-hydrogen) atoms. The fraction of sp³-hybridized carbons (Fsp3) is 0.469. The lowest BCUT2D eigenvalue weighted by atomic mass is 9.47. The summed E-state index contributed by atoms with van der Waals surface area (Å²) in [5.41, 5.74) is 7.61. The van der Waals surface area contributed by atoms with Crippen LogP contribution < -0.4 is 15.8 Å². The van der Waals surface area contributed by atoms with E-state index in [1.165, 1.54) is 49.3 Å². The standard InChI is InChI=1S/C32H39B4ClFN6O4P/c1-17-21-13-19(38)10-11-20(21)25(39)22(15-40-9)32(35,36)24-26(44(31(8,33)34)43-27(24)37)18-12-23(46-17)28(41-14-18)42-16-45-49(47-29(2,3)4)48-30(5,6)7/h10-15,17H,16,39H2,1-9H3,(H,41,42)/b25-22+,40-15?/t17-/m1/s1. The molecule has 10 nitrogen and oxygen atoms in total. The molecule has 1 aromatic carbocycles. The van der Waals surface area contributed by atoms with Crippen molar-refractivity contribution >= 4 is 69.3 Å². The summed E-state index contributed by atoms with van der Waals surface area (Å²) in [6.45, 7) is 14.7. The van der Waals surface area contributed by atoms with Crippen LogP contribution in [0.4, 0.5) is 10.2 Å². The maximum Gasteiger partial charge on any atom is 0.335 e. The van der Waals surface area contributed by atoms with Gasteiger partial charge < -0.3 is 24.8 Å². The average Bonchev–Trinajstić information content (AvgIpc) is 3.32. The molecule has 0 spiro atoms. The number of hydrogen-bond acceptors (Lipinski definition) is 9. The average molecular weight is 700 g/mol. The van der Waals surface area contributed by atoms with Crippen LogP contribution in [0.2, 0.25) is 5.15 Å². The summed E-state index contributed by atoms with van der Waals surface area (Å²) in [6, 6.07) is 5.78. The van der Waals surface area contributed by atoms with Crippen molar-refractivity contribution in [1.29, 1.82) is 0 Å². The summed E-state index contributed by atoms with van der Waals surface area (Å²) in [4.78, 5) is 8.82. The molecule has 0 aliphatic carbocycles. The van der Waals surface area contributed by atoms with Gasteiger partial charge in [0.05, 0.1) is 48.3 Å². The summed E-state index contributed by atoms with van der Waals surface area (Å²) in [6.07, 6.45) is 2.16. The van der Waals surface area contributed by atoms with Crippen molar-refractivity contribution in [1.82, 2.24) is 14.8 Å². The zero-order valence-corrected chi connectivity index (χ0v) is 30.9. The fourth-order valence-corrected chi connectivity index (χ4v) is 6.55. The monoisotopic (exact) mass is 700 g/mol. The van der Waals surface area contributed by atoms with Crippen LogP contribution in [0.25, 0.3) is 17.0 Å². The third-order valence-corrected chi connectivity index (χ3v) is 8.98. The highest BCUT2D eigenvalue weighted by atomic mass is 35.5. The smallest absolute Gasteiger partial charge is 0.335 e. The van der Waals surface area contributed by atoms with Gasteiger partial charge in [-0.3, -0.25) is 14.2 Å². The third-order valence-electron chi connectivity index (χ3n) is 6.98. The molecule has 3 N–H and O–H groups in total. The van der Waals surface area contributed by atoms with Gasteiger partial charge >= 0.3 is 8.60 Å². The number of aliphatic imine (C=N–C) groups is 1. The number of aromatic nitrogens is 3. The van der Waals surface area contributed by atoms with Gasteiger partial charge in [0.15, 0.2) is 16.7 Å². The van der Waals surface area contributed by atoms with E-state index in [4.69, 9.17) is 67.0 Å². The summed E-state index contributed by atoms with van der Waals surface area (Å²) >= 11 is 6.77. The quantitative estimate of drug-likeness (QED) is 0.128. The Kier molecular flexibility index (Phi) is 11.5. The predicted octanol–water partition coefficient (Wildman–Crippen LogP) is 5.96. The van der Waals surface area contributed by atoms with Gasteiger partial charge in [0.2, 0.25) is 0 Å². The third kappa shape index (κ3) is 9.11. The lowest BCUT2D eigenvalue weighted by molar-refractivity contribution is 0.0350. The van der Waals surface area contributed by atoms with E-state index < -0.39 is 42.3 Å². The van der Waals surface area contributed by atoms with Crippen molar-refractivity contribution in [2.75, 3.05) is 19.1 Å². The van der Waals surface area contributed by atoms with Crippen molar-refractivity contribution in [2.24, 2.45) is 10.7 Å². The molecule has 8 radical (unpaired) electrons. The fourth-order valence-electron chi connectivity index (χ4n) is 5.02. The number of ether oxygens (including phenoxy) is 1. The zero-order valence-electron chi connectivity index (χ0n) is 29.3. The first-order valence-electron chi connectivity index (χ1n) is 15.4. The molecule has 1 aliphatic rings. The van der Waals surface area contributed by atoms with Crippen LogP contribution in [0.3, 0.4) is 0 Å². The highest BCUT2D eigenvalue weighted by molar-refractivity contribution is 7.41. The van der Waals surface area contributed by atoms with Gasteiger partial charge in [-0.25, -0.2) is 9.37 Å². The van der Waals surface area contributed by atoms with E-state index in [9.17, 15) is 4.39 Å². The van der Waals surface area contributed by atoms with Crippen LogP contribution in [0, 0.1) is 5.82 Å². The Hall–Kier alpha value is -2.82. The van der Waals surface area contributed by atoms with Gasteiger partial charge in [-0.2, -0.15) is 5.10 Å². The molecule has 0 saturated heterocycles. The maximum absolute atomic E-state index is 14.8. The highest BCUT2D eigenvalue weighted by Crippen LogP contribution is 2.48. The number of hydrogen-bond donors (Lipinski definition) is 2. The summed E-state index contributed by atoms with van der Waals surface area (Å²) < 4.78 is 40.7. The van der Waals surface area contributed by atoms with Crippen LogP contribution in [0.15, 0.2) is 41.0 Å². The van der Waals surface area contributed by atoms with Crippen LogP contribution >= 0.6 is 20.2 Å². The molecular formula is C32H39B4ClFN6O4P. The van der Waals surface area contributed by atoms with Gasteiger partial charge in [-0.1, -0.05) is 18.5 Å². The second-order valence-corrected chi connectivity index (χ2v) is 15.3. The number of pyridine rings is 1. The van der Waals surface area contributed by atoms with E-state index in [0.29, 0.717) is 16.7 Å². The van der Waals surface area contributed by atoms with E-state index in [-0.39, 0.29) is 46.0 Å². The number of allylic oxidation sites excluding steroid dienone is 1. The van der Waals surface area contributed by atoms with Crippen molar-refractivity contribution < 1.29 is 22.7 Å². The molecule has 0 fully saturated rings. The Labute approximate surface area is 299 Å². The van der Waals surface area contributed by atoms with Crippen LogP contribution in [0.1, 0.15) is 78.2 Å². The minimum atomic E-state index is -1.92. The molecule has 2 aromatic heterocycles. The minimum Gasteiger partial charge on any atom is -0.482 e. The van der Waals surface area contributed by atoms with Crippen molar-refractivity contribution in [2.45, 2.75) is 83.2 Å². The Balaban J connectivity index is 1.94. The van der Waals surface area contributed by atoms with E-state index >= 15 is 0 Å². The lowest BCUT2D eigenvalue weighted by Gasteiger charge is -2.33. The number of nitrogens with one attached hydrogen (secondary N) is 1. The number of nitrogens with two attached hydrogens (primary N) is 1. The molecule has 0 amide bonds. The number of rotatable bonds is 8. The molecule has 0 saturated carbocycles. The van der Waals surface area contributed by atoms with Gasteiger partial charge in [-0.05, 0) is 88.9 Å². The van der Waals surface area contributed by atoms with Crippen molar-refractivity contribution in [3.05, 3.63) is 63.7 Å². The second kappa shape index (κ2) is 14.4. The van der Waals surface area contributed by atoms with Gasteiger partial charge in [0.25, 0.3) is 0 Å². The number of halogens is 2. The molecule has 0 unspecified atom stereocenters. The number of fused-ring (bicyclic) bond motifs is 5. The second-order valence-electron chi connectivity index (χ2n) is 13.9. The van der Waals surface area contributed by atoms with E-state index in [1.807, 2.05) is 41.5 Å². The highest BCUT2D eigenvalue weighted by Gasteiger charge is 2.38. The molecule has 2 bridgehead atoms. The van der Waals surface area contributed by atoms with Crippen molar-refractivity contribution in [3.8, 4) is 17.0 Å². The maximum atomic E-state index is 14.8. The molecule has 3 aromatic rings. The number of anilines is 1. The Morgan fingerprint density at radius 2 is 1.78 bits per heavy atom. The largest absolute Gasteiger partial charge is 0.482 e. The Bertz CT molecular complexity index is 1740. The molecule has 1 atom stereocenters. The van der Waals surface area contributed by atoms with Gasteiger partial charge in [0, 0.05) is 47.4 Å².